The van der Waals surface area contributed by atoms with E-state index < -0.39 is 0 Å². The van der Waals surface area contributed by atoms with E-state index in [0.717, 1.165) is 17.9 Å². The zero-order valence-electron chi connectivity index (χ0n) is 12.9. The molecule has 116 valence electrons. The third kappa shape index (κ3) is 3.91. The van der Waals surface area contributed by atoms with E-state index in [9.17, 15) is 0 Å². The molecule has 1 aromatic carbocycles. The number of nitrogens with two attached hydrogens (primary N) is 1. The van der Waals surface area contributed by atoms with Gasteiger partial charge in [0.2, 0.25) is 0 Å². The smallest absolute Gasteiger partial charge is 0.161 e. The number of hydrogen-bond acceptors (Lipinski definition) is 3. The maximum absolute atomic E-state index is 6.24. The van der Waals surface area contributed by atoms with Gasteiger partial charge in [0, 0.05) is 0 Å². The van der Waals surface area contributed by atoms with Crippen LogP contribution in [0.15, 0.2) is 18.2 Å². The average molecular weight is 289 g/mol. The molecule has 0 spiro atoms. The molecule has 0 aliphatic heterocycles. The summed E-state index contributed by atoms with van der Waals surface area (Å²) in [7, 11) is 0. The van der Waals surface area contributed by atoms with Gasteiger partial charge >= 0.3 is 0 Å². The summed E-state index contributed by atoms with van der Waals surface area (Å²) in [6, 6.07) is 6.34. The van der Waals surface area contributed by atoms with Crippen LogP contribution in [0.1, 0.15) is 56.9 Å². The molecule has 3 heteroatoms. The second kappa shape index (κ2) is 7.17. The monoisotopic (exact) mass is 289 g/mol. The standard InChI is InChI=1S/C18H27NO2/c19-12-11-14-9-10-17(20-15-5-1-2-6-15)18(13-14)21-16-7-3-4-8-16/h9-10,13,15-16H,1-8,11-12,19H2. The quantitative estimate of drug-likeness (QED) is 0.865. The Kier molecular flexibility index (Phi) is 5.02. The fourth-order valence-electron chi connectivity index (χ4n) is 3.44. The molecule has 2 N–H and O–H groups in total. The van der Waals surface area contributed by atoms with Gasteiger partial charge < -0.3 is 15.2 Å². The zero-order chi connectivity index (χ0) is 14.5. The Morgan fingerprint density at radius 1 is 0.857 bits per heavy atom. The van der Waals surface area contributed by atoms with E-state index in [-0.39, 0.29) is 0 Å². The summed E-state index contributed by atoms with van der Waals surface area (Å²) in [6.07, 6.45) is 11.5. The lowest BCUT2D eigenvalue weighted by Gasteiger charge is -2.20. The van der Waals surface area contributed by atoms with Crippen LogP contribution in [0.3, 0.4) is 0 Å². The summed E-state index contributed by atoms with van der Waals surface area (Å²) < 4.78 is 12.4. The molecule has 3 nitrogen and oxygen atoms in total. The highest BCUT2D eigenvalue weighted by Gasteiger charge is 2.21. The Bertz CT molecular complexity index is 449. The minimum Gasteiger partial charge on any atom is -0.487 e. The lowest BCUT2D eigenvalue weighted by atomic mass is 10.1. The van der Waals surface area contributed by atoms with Gasteiger partial charge in [-0.05, 0) is 82.0 Å². The van der Waals surface area contributed by atoms with E-state index in [4.69, 9.17) is 15.2 Å². The molecular formula is C18H27NO2. The average Bonchev–Trinajstić information content (AvgIpc) is 3.15. The van der Waals surface area contributed by atoms with Crippen LogP contribution in [-0.4, -0.2) is 18.8 Å². The number of hydrogen-bond donors (Lipinski definition) is 1. The van der Waals surface area contributed by atoms with Crippen molar-refractivity contribution in [3.8, 4) is 11.5 Å². The number of benzene rings is 1. The summed E-state index contributed by atoms with van der Waals surface area (Å²) in [5.41, 5.74) is 6.91. The zero-order valence-corrected chi connectivity index (χ0v) is 12.9. The van der Waals surface area contributed by atoms with Crippen molar-refractivity contribution in [2.24, 2.45) is 5.73 Å². The molecule has 0 saturated heterocycles. The summed E-state index contributed by atoms with van der Waals surface area (Å²) in [4.78, 5) is 0. The van der Waals surface area contributed by atoms with Crippen molar-refractivity contribution in [1.82, 2.24) is 0 Å². The summed E-state index contributed by atoms with van der Waals surface area (Å²) in [5, 5.41) is 0. The lowest BCUT2D eigenvalue weighted by molar-refractivity contribution is 0.170. The van der Waals surface area contributed by atoms with Crippen LogP contribution in [0, 0.1) is 0 Å². The first-order valence-electron chi connectivity index (χ1n) is 8.51. The number of ether oxygens (including phenoxy) is 2. The Balaban J connectivity index is 1.74. The summed E-state index contributed by atoms with van der Waals surface area (Å²) >= 11 is 0. The molecule has 2 saturated carbocycles. The Hall–Kier alpha value is -1.22. The van der Waals surface area contributed by atoms with E-state index in [1.807, 2.05) is 0 Å². The van der Waals surface area contributed by atoms with Gasteiger partial charge in [-0.3, -0.25) is 0 Å². The molecule has 3 rings (SSSR count). The topological polar surface area (TPSA) is 44.5 Å². The molecule has 1 aromatic rings. The highest BCUT2D eigenvalue weighted by Crippen LogP contribution is 2.35. The van der Waals surface area contributed by atoms with Crippen LogP contribution >= 0.6 is 0 Å². The van der Waals surface area contributed by atoms with Crippen molar-refractivity contribution in [2.75, 3.05) is 6.54 Å². The van der Waals surface area contributed by atoms with E-state index in [2.05, 4.69) is 18.2 Å². The Morgan fingerprint density at radius 2 is 1.43 bits per heavy atom. The fourth-order valence-corrected chi connectivity index (χ4v) is 3.44. The highest BCUT2D eigenvalue weighted by atomic mass is 16.5. The number of rotatable bonds is 6. The second-order valence-electron chi connectivity index (χ2n) is 6.37. The molecule has 0 aromatic heterocycles. The normalized spacial score (nSPS) is 20.0. The molecule has 2 fully saturated rings. The van der Waals surface area contributed by atoms with Gasteiger partial charge in [0.25, 0.3) is 0 Å². The largest absolute Gasteiger partial charge is 0.487 e. The van der Waals surface area contributed by atoms with Gasteiger partial charge in [0.1, 0.15) is 0 Å². The highest BCUT2D eigenvalue weighted by molar-refractivity contribution is 5.43. The van der Waals surface area contributed by atoms with Crippen molar-refractivity contribution in [3.05, 3.63) is 23.8 Å². The molecule has 21 heavy (non-hydrogen) atoms. The predicted molar refractivity (Wildman–Crippen MR) is 85.0 cm³/mol. The molecule has 0 atom stereocenters. The van der Waals surface area contributed by atoms with Gasteiger partial charge in [-0.25, -0.2) is 0 Å². The van der Waals surface area contributed by atoms with Crippen LogP contribution in [0.2, 0.25) is 0 Å². The third-order valence-electron chi connectivity index (χ3n) is 4.63. The van der Waals surface area contributed by atoms with E-state index in [1.165, 1.54) is 56.9 Å². The van der Waals surface area contributed by atoms with Crippen molar-refractivity contribution < 1.29 is 9.47 Å². The molecule has 0 radical (unpaired) electrons. The van der Waals surface area contributed by atoms with Gasteiger partial charge in [-0.2, -0.15) is 0 Å². The van der Waals surface area contributed by atoms with Crippen molar-refractivity contribution >= 4 is 0 Å². The Morgan fingerprint density at radius 3 is 2.00 bits per heavy atom. The molecule has 0 bridgehead atoms. The first kappa shape index (κ1) is 14.7. The van der Waals surface area contributed by atoms with E-state index in [0.29, 0.717) is 18.8 Å². The molecule has 2 aliphatic carbocycles. The molecule has 2 aliphatic rings. The summed E-state index contributed by atoms with van der Waals surface area (Å²) in [6.45, 7) is 0.672. The Labute approximate surface area is 127 Å². The molecule has 0 amide bonds. The van der Waals surface area contributed by atoms with E-state index in [1.54, 1.807) is 0 Å². The fraction of sp³-hybridized carbons (Fsp3) is 0.667. The van der Waals surface area contributed by atoms with Crippen molar-refractivity contribution in [3.63, 3.8) is 0 Å². The minimum absolute atomic E-state index is 0.365. The van der Waals surface area contributed by atoms with Crippen LogP contribution in [-0.2, 0) is 6.42 Å². The third-order valence-corrected chi connectivity index (χ3v) is 4.63. The van der Waals surface area contributed by atoms with Crippen LogP contribution in [0.4, 0.5) is 0 Å². The molecule has 0 unspecified atom stereocenters. The van der Waals surface area contributed by atoms with Gasteiger partial charge in [0.15, 0.2) is 11.5 Å². The lowest BCUT2D eigenvalue weighted by Crippen LogP contribution is -2.15. The van der Waals surface area contributed by atoms with Crippen molar-refractivity contribution in [2.45, 2.75) is 70.0 Å². The first-order valence-corrected chi connectivity index (χ1v) is 8.51. The maximum atomic E-state index is 6.24. The maximum Gasteiger partial charge on any atom is 0.161 e. The molecule has 0 heterocycles. The predicted octanol–water partition coefficient (Wildman–Crippen LogP) is 3.83. The SMILES string of the molecule is NCCc1ccc(OC2CCCC2)c(OC2CCCC2)c1. The van der Waals surface area contributed by atoms with Crippen molar-refractivity contribution in [1.29, 1.82) is 0 Å². The second-order valence-corrected chi connectivity index (χ2v) is 6.37. The van der Waals surface area contributed by atoms with E-state index >= 15 is 0 Å². The van der Waals surface area contributed by atoms with Crippen LogP contribution in [0.25, 0.3) is 0 Å². The molecular weight excluding hydrogens is 262 g/mol. The summed E-state index contributed by atoms with van der Waals surface area (Å²) in [5.74, 6) is 1.86. The first-order chi connectivity index (χ1) is 10.3. The minimum atomic E-state index is 0.365. The van der Waals surface area contributed by atoms with Gasteiger partial charge in [0.05, 0.1) is 12.2 Å². The van der Waals surface area contributed by atoms with Gasteiger partial charge in [-0.15, -0.1) is 0 Å². The van der Waals surface area contributed by atoms with Crippen LogP contribution in [0.5, 0.6) is 11.5 Å². The van der Waals surface area contributed by atoms with Gasteiger partial charge in [-0.1, -0.05) is 6.07 Å². The van der Waals surface area contributed by atoms with Crippen LogP contribution < -0.4 is 15.2 Å².